The molecule has 168 valence electrons. The molecule has 0 bridgehead atoms. The number of aryl methyl sites for hydroxylation is 3. The molecule has 2 N–H and O–H groups in total. The Kier molecular flexibility index (Phi) is 6.89. The van der Waals surface area contributed by atoms with Crippen LogP contribution in [0, 0.1) is 20.8 Å². The van der Waals surface area contributed by atoms with Gasteiger partial charge in [-0.25, -0.2) is 13.2 Å². The third-order valence-corrected chi connectivity index (χ3v) is 7.01. The number of hydrogen-bond donors (Lipinski definition) is 2. The largest absolute Gasteiger partial charge is 0.478 e. The number of benzene rings is 3. The fourth-order valence-electron chi connectivity index (χ4n) is 3.62. The normalized spacial score (nSPS) is 11.2. The van der Waals surface area contributed by atoms with Crippen molar-refractivity contribution in [3.63, 3.8) is 0 Å². The zero-order valence-electron chi connectivity index (χ0n) is 18.7. The predicted molar refractivity (Wildman–Crippen MR) is 128 cm³/mol. The highest BCUT2D eigenvalue weighted by atomic mass is 32.2. The maximum absolute atomic E-state index is 13.3. The van der Waals surface area contributed by atoms with E-state index in [-0.39, 0.29) is 16.1 Å². The first-order valence-corrected chi connectivity index (χ1v) is 11.9. The molecule has 3 rings (SSSR count). The molecule has 0 amide bonds. The molecule has 0 fully saturated rings. The zero-order valence-corrected chi connectivity index (χ0v) is 19.5. The van der Waals surface area contributed by atoms with E-state index >= 15 is 0 Å². The van der Waals surface area contributed by atoms with Gasteiger partial charge in [0.15, 0.2) is 0 Å². The highest BCUT2D eigenvalue weighted by molar-refractivity contribution is 7.92. The van der Waals surface area contributed by atoms with Gasteiger partial charge in [-0.2, -0.15) is 0 Å². The number of nitrogens with zero attached hydrogens (tertiary/aromatic N) is 1. The molecule has 0 heterocycles. The number of sulfonamides is 1. The van der Waals surface area contributed by atoms with Gasteiger partial charge >= 0.3 is 5.97 Å². The number of anilines is 2. The summed E-state index contributed by atoms with van der Waals surface area (Å²) in [7, 11) is -3.93. The molecule has 0 radical (unpaired) electrons. The number of rotatable bonds is 8. The van der Waals surface area contributed by atoms with Crippen molar-refractivity contribution < 1.29 is 18.3 Å². The van der Waals surface area contributed by atoms with Gasteiger partial charge in [0.25, 0.3) is 10.0 Å². The molecule has 0 aromatic heterocycles. The van der Waals surface area contributed by atoms with Crippen molar-refractivity contribution >= 4 is 27.4 Å². The maximum Gasteiger partial charge on any atom is 0.335 e. The van der Waals surface area contributed by atoms with Crippen molar-refractivity contribution in [2.24, 2.45) is 0 Å². The molecule has 0 atom stereocenters. The van der Waals surface area contributed by atoms with Crippen LogP contribution in [0.5, 0.6) is 0 Å². The van der Waals surface area contributed by atoms with Gasteiger partial charge in [-0.3, -0.25) is 4.72 Å². The van der Waals surface area contributed by atoms with E-state index in [1.54, 1.807) is 19.1 Å². The summed E-state index contributed by atoms with van der Waals surface area (Å²) in [6.45, 7) is 8.69. The van der Waals surface area contributed by atoms with Crippen LogP contribution < -0.4 is 9.62 Å². The number of carboxylic acid groups (broad SMARTS) is 1. The molecule has 0 aliphatic rings. The third kappa shape index (κ3) is 5.11. The summed E-state index contributed by atoms with van der Waals surface area (Å²) in [6, 6.07) is 17.8. The van der Waals surface area contributed by atoms with Gasteiger partial charge in [0.2, 0.25) is 0 Å². The van der Waals surface area contributed by atoms with Crippen molar-refractivity contribution in [3.8, 4) is 0 Å². The lowest BCUT2D eigenvalue weighted by Gasteiger charge is -2.26. The van der Waals surface area contributed by atoms with E-state index in [1.165, 1.54) is 12.1 Å². The van der Waals surface area contributed by atoms with Crippen LogP contribution in [0.25, 0.3) is 0 Å². The highest BCUT2D eigenvalue weighted by Gasteiger charge is 2.22. The molecule has 3 aromatic carbocycles. The van der Waals surface area contributed by atoms with E-state index in [4.69, 9.17) is 0 Å². The Bertz CT molecular complexity index is 1240. The fourth-order valence-corrected chi connectivity index (χ4v) is 5.00. The zero-order chi connectivity index (χ0) is 23.5. The minimum Gasteiger partial charge on any atom is -0.478 e. The van der Waals surface area contributed by atoms with Crippen LogP contribution in [0.4, 0.5) is 11.4 Å². The van der Waals surface area contributed by atoms with E-state index < -0.39 is 16.0 Å². The molecule has 0 aliphatic carbocycles. The van der Waals surface area contributed by atoms with Crippen LogP contribution in [0.15, 0.2) is 65.6 Å². The molecule has 7 heteroatoms. The first-order valence-electron chi connectivity index (χ1n) is 10.4. The molecule has 0 spiro atoms. The van der Waals surface area contributed by atoms with E-state index in [2.05, 4.69) is 4.72 Å². The number of carbonyl (C=O) groups is 1. The summed E-state index contributed by atoms with van der Waals surface area (Å²) >= 11 is 0. The quantitative estimate of drug-likeness (QED) is 0.494. The average Bonchev–Trinajstić information content (AvgIpc) is 2.75. The average molecular weight is 453 g/mol. The second-order valence-electron chi connectivity index (χ2n) is 7.84. The molecule has 0 unspecified atom stereocenters. The SMILES string of the molecule is CCN(Cc1ccccc1)c1ccc(C(=O)O)cc1NS(=O)(=O)c1cc(C)c(C)cc1C. The van der Waals surface area contributed by atoms with Gasteiger partial charge < -0.3 is 10.0 Å². The lowest BCUT2D eigenvalue weighted by atomic mass is 10.1. The monoisotopic (exact) mass is 452 g/mol. The third-order valence-electron chi connectivity index (χ3n) is 5.51. The fraction of sp³-hybridized carbons (Fsp3) is 0.240. The van der Waals surface area contributed by atoms with Gasteiger partial charge in [0, 0.05) is 13.1 Å². The van der Waals surface area contributed by atoms with Gasteiger partial charge in [-0.15, -0.1) is 0 Å². The number of carboxylic acids is 1. The summed E-state index contributed by atoms with van der Waals surface area (Å²) in [5.74, 6) is -1.12. The highest BCUT2D eigenvalue weighted by Crippen LogP contribution is 2.32. The van der Waals surface area contributed by atoms with E-state index in [0.29, 0.717) is 24.3 Å². The summed E-state index contributed by atoms with van der Waals surface area (Å²) in [5, 5.41) is 9.47. The van der Waals surface area contributed by atoms with Crippen molar-refractivity contribution in [3.05, 3.63) is 88.5 Å². The van der Waals surface area contributed by atoms with Gasteiger partial charge in [0.1, 0.15) is 0 Å². The second kappa shape index (κ2) is 9.44. The van der Waals surface area contributed by atoms with Crippen LogP contribution >= 0.6 is 0 Å². The van der Waals surface area contributed by atoms with Crippen molar-refractivity contribution in [1.82, 2.24) is 0 Å². The van der Waals surface area contributed by atoms with E-state index in [0.717, 1.165) is 16.7 Å². The van der Waals surface area contributed by atoms with E-state index in [1.807, 2.05) is 62.1 Å². The molecule has 0 saturated heterocycles. The molecule has 6 nitrogen and oxygen atoms in total. The second-order valence-corrected chi connectivity index (χ2v) is 9.50. The first-order chi connectivity index (χ1) is 15.1. The lowest BCUT2D eigenvalue weighted by Crippen LogP contribution is -2.25. The van der Waals surface area contributed by atoms with Crippen LogP contribution in [-0.2, 0) is 16.6 Å². The number of nitrogens with one attached hydrogen (secondary N) is 1. The number of aromatic carboxylic acids is 1. The Labute approximate surface area is 189 Å². The minimum atomic E-state index is -3.93. The van der Waals surface area contributed by atoms with Gasteiger partial charge in [-0.1, -0.05) is 36.4 Å². The van der Waals surface area contributed by atoms with Crippen molar-refractivity contribution in [2.45, 2.75) is 39.1 Å². The van der Waals surface area contributed by atoms with Gasteiger partial charge in [0.05, 0.1) is 21.8 Å². The molecular formula is C25H28N2O4S. The topological polar surface area (TPSA) is 86.7 Å². The summed E-state index contributed by atoms with van der Waals surface area (Å²) in [5.41, 5.74) is 4.44. The van der Waals surface area contributed by atoms with Crippen LogP contribution in [0.1, 0.15) is 39.5 Å². The Morgan fingerprint density at radius 2 is 1.59 bits per heavy atom. The Morgan fingerprint density at radius 1 is 0.938 bits per heavy atom. The minimum absolute atomic E-state index is 0.0130. The molecule has 3 aromatic rings. The lowest BCUT2D eigenvalue weighted by molar-refractivity contribution is 0.0697. The number of hydrogen-bond acceptors (Lipinski definition) is 4. The maximum atomic E-state index is 13.3. The van der Waals surface area contributed by atoms with Crippen molar-refractivity contribution in [2.75, 3.05) is 16.2 Å². The van der Waals surface area contributed by atoms with Crippen LogP contribution in [0.2, 0.25) is 0 Å². The molecule has 32 heavy (non-hydrogen) atoms. The first kappa shape index (κ1) is 23.3. The van der Waals surface area contributed by atoms with Crippen LogP contribution in [0.3, 0.4) is 0 Å². The van der Waals surface area contributed by atoms with Crippen molar-refractivity contribution in [1.29, 1.82) is 0 Å². The Morgan fingerprint density at radius 3 is 2.22 bits per heavy atom. The smallest absolute Gasteiger partial charge is 0.335 e. The van der Waals surface area contributed by atoms with E-state index in [9.17, 15) is 18.3 Å². The Hall–Kier alpha value is -3.32. The standard InChI is InChI=1S/C25H28N2O4S/c1-5-27(16-20-9-7-6-8-10-20)23-12-11-21(25(28)29)15-22(23)26-32(30,31)24-14-18(3)17(2)13-19(24)4/h6-15,26H,5,16H2,1-4H3,(H,28,29). The Balaban J connectivity index is 2.06. The predicted octanol–water partition coefficient (Wildman–Crippen LogP) is 5.14. The summed E-state index contributed by atoms with van der Waals surface area (Å²) in [4.78, 5) is 13.8. The molecule has 0 saturated carbocycles. The summed E-state index contributed by atoms with van der Waals surface area (Å²) in [6.07, 6.45) is 0. The molecular weight excluding hydrogens is 424 g/mol. The van der Waals surface area contributed by atoms with Crippen LogP contribution in [-0.4, -0.2) is 26.0 Å². The summed E-state index contributed by atoms with van der Waals surface area (Å²) < 4.78 is 29.3. The van der Waals surface area contributed by atoms with Gasteiger partial charge in [-0.05, 0) is 74.2 Å². The molecule has 0 aliphatic heterocycles.